The van der Waals surface area contributed by atoms with E-state index in [1.807, 2.05) is 0 Å². The van der Waals surface area contributed by atoms with E-state index in [0.29, 0.717) is 23.0 Å². The van der Waals surface area contributed by atoms with Crippen LogP contribution in [-0.2, 0) is 4.74 Å². The molecule has 0 aliphatic heterocycles. The van der Waals surface area contributed by atoms with Crippen LogP contribution >= 0.6 is 11.3 Å². The van der Waals surface area contributed by atoms with Crippen LogP contribution in [0, 0.1) is 0 Å². The smallest absolute Gasteiger partial charge is 0.265 e. The van der Waals surface area contributed by atoms with Gasteiger partial charge in [-0.2, -0.15) is 0 Å². The second-order valence-electron chi connectivity index (χ2n) is 3.62. The number of aliphatic hydroxyl groups is 1. The first kappa shape index (κ1) is 14.7. The number of anilines is 2. The summed E-state index contributed by atoms with van der Waals surface area (Å²) >= 11 is 1.18. The molecule has 1 unspecified atom stereocenters. The third-order valence-corrected chi connectivity index (χ3v) is 3.34. The number of hydrogen-bond donors (Lipinski definition) is 4. The number of hydrogen-bond acceptors (Lipinski definition) is 7. The van der Waals surface area contributed by atoms with Gasteiger partial charge in [0.25, 0.3) is 5.91 Å². The molecule has 5 N–H and O–H groups in total. The third kappa shape index (κ3) is 3.83. The second-order valence-corrected chi connectivity index (χ2v) is 4.62. The maximum atomic E-state index is 12.0. The van der Waals surface area contributed by atoms with E-state index in [4.69, 9.17) is 15.6 Å². The second kappa shape index (κ2) is 7.14. The number of nitrogens with zero attached hydrogens (tertiary/aromatic N) is 1. The average Bonchev–Trinajstić information content (AvgIpc) is 2.71. The van der Waals surface area contributed by atoms with E-state index < -0.39 is 0 Å². The maximum Gasteiger partial charge on any atom is 0.265 e. The van der Waals surface area contributed by atoms with Crippen LogP contribution in [0.4, 0.5) is 10.9 Å². The van der Waals surface area contributed by atoms with E-state index in [0.717, 1.165) is 0 Å². The molecule has 0 saturated heterocycles. The van der Waals surface area contributed by atoms with Crippen molar-refractivity contribution in [3.8, 4) is 0 Å². The topological polar surface area (TPSA) is 110 Å². The molecule has 1 heterocycles. The molecule has 1 amide bonds. The number of rotatable bonds is 7. The van der Waals surface area contributed by atoms with Crippen molar-refractivity contribution >= 4 is 28.2 Å². The molecule has 7 nitrogen and oxygen atoms in total. The van der Waals surface area contributed by atoms with Gasteiger partial charge in [-0.1, -0.05) is 11.3 Å². The Morgan fingerprint density at radius 3 is 2.89 bits per heavy atom. The van der Waals surface area contributed by atoms with Gasteiger partial charge in [0.2, 0.25) is 0 Å². The van der Waals surface area contributed by atoms with Crippen LogP contribution in [0.5, 0.6) is 0 Å². The quantitative estimate of drug-likeness (QED) is 0.552. The number of amides is 1. The summed E-state index contributed by atoms with van der Waals surface area (Å²) in [5, 5.41) is 15.1. The minimum absolute atomic E-state index is 0.0196. The third-order valence-electron chi connectivity index (χ3n) is 2.25. The Kier molecular flexibility index (Phi) is 5.83. The van der Waals surface area contributed by atoms with Gasteiger partial charge in [0, 0.05) is 20.8 Å². The predicted octanol–water partition coefficient (Wildman–Crippen LogP) is -0.106. The molecule has 1 rings (SSSR count). The lowest BCUT2D eigenvalue weighted by Crippen LogP contribution is -2.38. The highest BCUT2D eigenvalue weighted by Gasteiger charge is 2.19. The van der Waals surface area contributed by atoms with Gasteiger partial charge in [0.15, 0.2) is 5.13 Å². The van der Waals surface area contributed by atoms with Gasteiger partial charge in [-0.3, -0.25) is 4.79 Å². The fraction of sp³-hybridized carbons (Fsp3) is 0.600. The zero-order valence-corrected chi connectivity index (χ0v) is 11.2. The highest BCUT2D eigenvalue weighted by molar-refractivity contribution is 7.18. The van der Waals surface area contributed by atoms with Crippen molar-refractivity contribution in [1.29, 1.82) is 0 Å². The van der Waals surface area contributed by atoms with Crippen LogP contribution < -0.4 is 16.4 Å². The van der Waals surface area contributed by atoms with E-state index >= 15 is 0 Å². The Bertz CT molecular complexity index is 390. The normalized spacial score (nSPS) is 12.2. The van der Waals surface area contributed by atoms with Crippen LogP contribution in [0.2, 0.25) is 0 Å². The number of nitrogens with one attached hydrogen (secondary N) is 2. The molecule has 18 heavy (non-hydrogen) atoms. The SMILES string of the molecule is CNc1nc(N)c(C(=O)NC(CCO)COC)s1. The van der Waals surface area contributed by atoms with Crippen molar-refractivity contribution in [2.24, 2.45) is 0 Å². The summed E-state index contributed by atoms with van der Waals surface area (Å²) in [6.45, 7) is 0.318. The van der Waals surface area contributed by atoms with Crippen LogP contribution in [0.3, 0.4) is 0 Å². The maximum absolute atomic E-state index is 12.0. The van der Waals surface area contributed by atoms with Gasteiger partial charge in [0.05, 0.1) is 12.6 Å². The summed E-state index contributed by atoms with van der Waals surface area (Å²) in [7, 11) is 3.25. The molecule has 0 fully saturated rings. The molecule has 0 bridgehead atoms. The lowest BCUT2D eigenvalue weighted by Gasteiger charge is -2.16. The molecular formula is C10H18N4O3S. The zero-order valence-electron chi connectivity index (χ0n) is 10.4. The highest BCUT2D eigenvalue weighted by Crippen LogP contribution is 2.24. The first-order valence-electron chi connectivity index (χ1n) is 5.47. The van der Waals surface area contributed by atoms with Gasteiger partial charge >= 0.3 is 0 Å². The lowest BCUT2D eigenvalue weighted by molar-refractivity contribution is 0.0883. The largest absolute Gasteiger partial charge is 0.396 e. The fourth-order valence-electron chi connectivity index (χ4n) is 1.41. The lowest BCUT2D eigenvalue weighted by atomic mass is 10.2. The number of thiazole rings is 1. The van der Waals surface area contributed by atoms with Crippen molar-refractivity contribution in [1.82, 2.24) is 10.3 Å². The summed E-state index contributed by atoms with van der Waals surface area (Å²) in [6.07, 6.45) is 0.428. The Morgan fingerprint density at radius 2 is 2.39 bits per heavy atom. The molecule has 0 aliphatic carbocycles. The first-order chi connectivity index (χ1) is 8.62. The Morgan fingerprint density at radius 1 is 1.67 bits per heavy atom. The van der Waals surface area contributed by atoms with Gasteiger partial charge < -0.3 is 26.2 Å². The van der Waals surface area contributed by atoms with E-state index in [2.05, 4.69) is 15.6 Å². The van der Waals surface area contributed by atoms with Gasteiger partial charge in [-0.25, -0.2) is 4.98 Å². The van der Waals surface area contributed by atoms with Crippen LogP contribution in [0.1, 0.15) is 16.1 Å². The van der Waals surface area contributed by atoms with Crippen molar-refractivity contribution in [3.63, 3.8) is 0 Å². The predicted molar refractivity (Wildman–Crippen MR) is 70.9 cm³/mol. The first-order valence-corrected chi connectivity index (χ1v) is 6.28. The molecule has 1 aromatic heterocycles. The van der Waals surface area contributed by atoms with Gasteiger partial charge in [-0.05, 0) is 6.42 Å². The van der Waals surface area contributed by atoms with E-state index in [1.165, 1.54) is 18.4 Å². The molecule has 102 valence electrons. The number of nitrogens with two attached hydrogens (primary N) is 1. The Labute approximate surface area is 109 Å². The van der Waals surface area contributed by atoms with E-state index in [-0.39, 0.29) is 24.4 Å². The molecule has 8 heteroatoms. The number of ether oxygens (including phenoxy) is 1. The molecular weight excluding hydrogens is 256 g/mol. The van der Waals surface area contributed by atoms with Crippen molar-refractivity contribution in [3.05, 3.63) is 4.88 Å². The van der Waals surface area contributed by atoms with Gasteiger partial charge in [-0.15, -0.1) is 0 Å². The summed E-state index contributed by atoms with van der Waals surface area (Å²) in [5.41, 5.74) is 5.66. The monoisotopic (exact) mass is 274 g/mol. The van der Waals surface area contributed by atoms with Crippen molar-refractivity contribution < 1.29 is 14.6 Å². The Balaban J connectivity index is 2.70. The fourth-order valence-corrected chi connectivity index (χ4v) is 2.15. The minimum Gasteiger partial charge on any atom is -0.396 e. The minimum atomic E-state index is -0.304. The van der Waals surface area contributed by atoms with Crippen LogP contribution in [0.25, 0.3) is 0 Å². The number of aromatic nitrogens is 1. The number of methoxy groups -OCH3 is 1. The van der Waals surface area contributed by atoms with E-state index in [9.17, 15) is 4.79 Å². The summed E-state index contributed by atoms with van der Waals surface area (Å²) in [5.74, 6) is -0.107. The molecule has 0 aromatic carbocycles. The van der Waals surface area contributed by atoms with Crippen molar-refractivity contribution in [2.75, 3.05) is 38.4 Å². The zero-order chi connectivity index (χ0) is 13.5. The Hall–Kier alpha value is -1.38. The molecule has 0 saturated carbocycles. The molecule has 1 atom stereocenters. The van der Waals surface area contributed by atoms with Crippen LogP contribution in [0.15, 0.2) is 0 Å². The molecule has 1 aromatic rings. The molecule has 0 radical (unpaired) electrons. The summed E-state index contributed by atoms with van der Waals surface area (Å²) < 4.78 is 4.97. The van der Waals surface area contributed by atoms with E-state index in [1.54, 1.807) is 7.05 Å². The highest BCUT2D eigenvalue weighted by atomic mass is 32.1. The van der Waals surface area contributed by atoms with Gasteiger partial charge in [0.1, 0.15) is 10.7 Å². The van der Waals surface area contributed by atoms with Crippen molar-refractivity contribution in [2.45, 2.75) is 12.5 Å². The number of nitrogen functional groups attached to an aromatic ring is 1. The molecule has 0 spiro atoms. The standard InChI is InChI=1S/C10H18N4O3S/c1-12-10-14-8(11)7(18-10)9(16)13-6(3-4-15)5-17-2/h6,15H,3-5,11H2,1-2H3,(H,12,14)(H,13,16). The summed E-state index contributed by atoms with van der Waals surface area (Å²) in [4.78, 5) is 16.3. The number of carbonyl (C=O) groups excluding carboxylic acids is 1. The average molecular weight is 274 g/mol. The number of carbonyl (C=O) groups is 1. The summed E-state index contributed by atoms with van der Waals surface area (Å²) in [6, 6.07) is -0.243. The van der Waals surface area contributed by atoms with Crippen LogP contribution in [-0.4, -0.2) is 49.4 Å². The molecule has 0 aliphatic rings. The number of aliphatic hydroxyl groups excluding tert-OH is 1.